The Morgan fingerprint density at radius 1 is 0.850 bits per heavy atom. The summed E-state index contributed by atoms with van der Waals surface area (Å²) in [4.78, 5) is 9.55. The molecule has 0 unspecified atom stereocenters. The van der Waals surface area contributed by atoms with Gasteiger partial charge in [0.15, 0.2) is 5.54 Å². The molecule has 0 saturated carbocycles. The lowest BCUT2D eigenvalue weighted by Gasteiger charge is -2.28. The van der Waals surface area contributed by atoms with Crippen molar-refractivity contribution in [2.24, 2.45) is 9.98 Å². The molecule has 0 fully saturated rings. The number of thioether (sulfide) groups is 1. The monoisotopic (exact) mass is 280 g/mol. The zero-order valence-corrected chi connectivity index (χ0v) is 12.4. The first kappa shape index (κ1) is 13.1. The molecule has 100 valence electrons. The number of hydrogen-bond donors (Lipinski definition) is 0. The van der Waals surface area contributed by atoms with E-state index in [4.69, 9.17) is 4.99 Å². The molecule has 0 N–H and O–H groups in total. The molecule has 20 heavy (non-hydrogen) atoms. The molecule has 0 amide bonds. The maximum absolute atomic E-state index is 4.90. The lowest BCUT2D eigenvalue weighted by atomic mass is 9.84. The SMILES string of the molecule is CSC1=NC(C)=NC1(c1ccccc1)c1ccccc1. The molecule has 0 spiro atoms. The zero-order chi connectivity index (χ0) is 14.0. The van der Waals surface area contributed by atoms with Crippen LogP contribution in [0.2, 0.25) is 0 Å². The van der Waals surface area contributed by atoms with Crippen LogP contribution in [0.5, 0.6) is 0 Å². The Hall–Kier alpha value is -1.87. The summed E-state index contributed by atoms with van der Waals surface area (Å²) in [6, 6.07) is 20.8. The summed E-state index contributed by atoms with van der Waals surface area (Å²) in [5.74, 6) is 0.835. The van der Waals surface area contributed by atoms with Crippen LogP contribution in [0.15, 0.2) is 70.6 Å². The highest BCUT2D eigenvalue weighted by atomic mass is 32.2. The molecular formula is C17H16N2S. The molecule has 0 aromatic heterocycles. The van der Waals surface area contributed by atoms with Gasteiger partial charge in [-0.15, -0.1) is 11.8 Å². The Morgan fingerprint density at radius 3 is 1.80 bits per heavy atom. The lowest BCUT2D eigenvalue weighted by Crippen LogP contribution is -2.31. The zero-order valence-electron chi connectivity index (χ0n) is 11.6. The number of amidine groups is 1. The Bertz CT molecular complexity index is 620. The quantitative estimate of drug-likeness (QED) is 0.812. The molecule has 0 saturated heterocycles. The van der Waals surface area contributed by atoms with Gasteiger partial charge >= 0.3 is 0 Å². The molecular weight excluding hydrogens is 264 g/mol. The summed E-state index contributed by atoms with van der Waals surface area (Å²) >= 11 is 1.67. The van der Waals surface area contributed by atoms with Crippen LogP contribution in [0, 0.1) is 0 Å². The largest absolute Gasteiger partial charge is 0.247 e. The molecule has 2 nitrogen and oxygen atoms in total. The van der Waals surface area contributed by atoms with Crippen molar-refractivity contribution < 1.29 is 0 Å². The molecule has 1 aliphatic rings. The van der Waals surface area contributed by atoms with E-state index in [1.54, 1.807) is 11.8 Å². The van der Waals surface area contributed by atoms with Crippen molar-refractivity contribution >= 4 is 22.6 Å². The Balaban J connectivity index is 2.28. The summed E-state index contributed by atoms with van der Waals surface area (Å²) in [6.45, 7) is 1.96. The minimum absolute atomic E-state index is 0.480. The van der Waals surface area contributed by atoms with Gasteiger partial charge < -0.3 is 0 Å². The highest BCUT2D eigenvalue weighted by Gasteiger charge is 2.42. The Labute approximate surface area is 123 Å². The van der Waals surface area contributed by atoms with E-state index in [1.807, 2.05) is 19.1 Å². The van der Waals surface area contributed by atoms with Gasteiger partial charge in [0.1, 0.15) is 10.9 Å². The molecule has 0 atom stereocenters. The molecule has 0 aliphatic carbocycles. The van der Waals surface area contributed by atoms with E-state index in [0.717, 1.165) is 22.0 Å². The van der Waals surface area contributed by atoms with E-state index in [-0.39, 0.29) is 0 Å². The van der Waals surface area contributed by atoms with Crippen molar-refractivity contribution in [3.63, 3.8) is 0 Å². The summed E-state index contributed by atoms with van der Waals surface area (Å²) in [7, 11) is 0. The summed E-state index contributed by atoms with van der Waals surface area (Å²) < 4.78 is 0. The van der Waals surface area contributed by atoms with Crippen LogP contribution in [-0.2, 0) is 5.54 Å². The van der Waals surface area contributed by atoms with E-state index in [9.17, 15) is 0 Å². The van der Waals surface area contributed by atoms with Crippen molar-refractivity contribution in [3.8, 4) is 0 Å². The molecule has 1 aliphatic heterocycles. The molecule has 0 bridgehead atoms. The average Bonchev–Trinajstić information content (AvgIpc) is 2.87. The molecule has 2 aromatic carbocycles. The maximum Gasteiger partial charge on any atom is 0.161 e. The standard InChI is InChI=1S/C17H16N2S/c1-13-18-16(20-2)17(19-13,14-9-5-3-6-10-14)15-11-7-4-8-12-15/h3-12H,1-2H3. The third-order valence-corrected chi connectivity index (χ3v) is 4.25. The fourth-order valence-corrected chi connectivity index (χ4v) is 3.44. The van der Waals surface area contributed by atoms with Gasteiger partial charge in [-0.1, -0.05) is 60.7 Å². The van der Waals surface area contributed by atoms with E-state index >= 15 is 0 Å². The van der Waals surface area contributed by atoms with Crippen LogP contribution >= 0.6 is 11.8 Å². The summed E-state index contributed by atoms with van der Waals surface area (Å²) in [6.07, 6.45) is 2.06. The maximum atomic E-state index is 4.90. The highest BCUT2D eigenvalue weighted by molar-refractivity contribution is 8.13. The highest BCUT2D eigenvalue weighted by Crippen LogP contribution is 2.41. The number of hydrogen-bond acceptors (Lipinski definition) is 3. The predicted molar refractivity (Wildman–Crippen MR) is 87.7 cm³/mol. The van der Waals surface area contributed by atoms with Crippen LogP contribution in [0.4, 0.5) is 0 Å². The third-order valence-electron chi connectivity index (χ3n) is 3.48. The minimum atomic E-state index is -0.480. The van der Waals surface area contributed by atoms with Crippen LogP contribution in [0.3, 0.4) is 0 Å². The second-order valence-electron chi connectivity index (χ2n) is 4.72. The number of rotatable bonds is 2. The predicted octanol–water partition coefficient (Wildman–Crippen LogP) is 4.12. The Kier molecular flexibility index (Phi) is 3.45. The topological polar surface area (TPSA) is 24.7 Å². The van der Waals surface area contributed by atoms with Gasteiger partial charge in [0.05, 0.1) is 0 Å². The van der Waals surface area contributed by atoms with Crippen molar-refractivity contribution in [1.29, 1.82) is 0 Å². The molecule has 3 rings (SSSR count). The van der Waals surface area contributed by atoms with Crippen molar-refractivity contribution in [3.05, 3.63) is 71.8 Å². The van der Waals surface area contributed by atoms with Gasteiger partial charge in [-0.25, -0.2) is 9.98 Å². The van der Waals surface area contributed by atoms with Crippen molar-refractivity contribution in [2.45, 2.75) is 12.5 Å². The van der Waals surface area contributed by atoms with Gasteiger partial charge in [0.25, 0.3) is 0 Å². The third kappa shape index (κ3) is 1.98. The molecule has 2 aromatic rings. The fourth-order valence-electron chi connectivity index (χ4n) is 2.64. The first-order valence-corrected chi connectivity index (χ1v) is 7.80. The van der Waals surface area contributed by atoms with Crippen LogP contribution in [-0.4, -0.2) is 17.1 Å². The van der Waals surface area contributed by atoms with Gasteiger partial charge in [-0.2, -0.15) is 0 Å². The van der Waals surface area contributed by atoms with Crippen molar-refractivity contribution in [2.75, 3.05) is 6.26 Å². The van der Waals surface area contributed by atoms with Gasteiger partial charge in [0, 0.05) is 0 Å². The molecule has 1 heterocycles. The first-order valence-electron chi connectivity index (χ1n) is 6.58. The smallest absolute Gasteiger partial charge is 0.161 e. The van der Waals surface area contributed by atoms with Gasteiger partial charge in [0.2, 0.25) is 0 Å². The Morgan fingerprint density at radius 2 is 1.35 bits per heavy atom. The molecule has 0 radical (unpaired) electrons. The first-order chi connectivity index (χ1) is 9.77. The second kappa shape index (κ2) is 5.25. The van der Waals surface area contributed by atoms with E-state index in [1.165, 1.54) is 0 Å². The van der Waals surface area contributed by atoms with Crippen LogP contribution in [0.1, 0.15) is 18.1 Å². The van der Waals surface area contributed by atoms with E-state index < -0.39 is 5.54 Å². The van der Waals surface area contributed by atoms with E-state index in [2.05, 4.69) is 59.8 Å². The van der Waals surface area contributed by atoms with Gasteiger partial charge in [-0.05, 0) is 24.3 Å². The number of aliphatic imine (C=N–C) groups is 2. The summed E-state index contributed by atoms with van der Waals surface area (Å²) in [5.41, 5.74) is 1.85. The minimum Gasteiger partial charge on any atom is -0.247 e. The number of benzene rings is 2. The van der Waals surface area contributed by atoms with E-state index in [0.29, 0.717) is 0 Å². The number of nitrogens with zero attached hydrogens (tertiary/aromatic N) is 2. The lowest BCUT2D eigenvalue weighted by molar-refractivity contribution is 0.757. The fraction of sp³-hybridized carbons (Fsp3) is 0.176. The molecule has 3 heteroatoms. The summed E-state index contributed by atoms with van der Waals surface area (Å²) in [5, 5.41) is 1.03. The normalized spacial score (nSPS) is 16.7. The van der Waals surface area contributed by atoms with Crippen LogP contribution < -0.4 is 0 Å². The van der Waals surface area contributed by atoms with Gasteiger partial charge in [-0.3, -0.25) is 0 Å². The second-order valence-corrected chi connectivity index (χ2v) is 5.52. The average molecular weight is 280 g/mol. The van der Waals surface area contributed by atoms with Crippen LogP contribution in [0.25, 0.3) is 0 Å². The van der Waals surface area contributed by atoms with Crippen molar-refractivity contribution in [1.82, 2.24) is 0 Å².